The molecule has 2 saturated heterocycles. The summed E-state index contributed by atoms with van der Waals surface area (Å²) in [6.45, 7) is 8.60. The van der Waals surface area contributed by atoms with Crippen molar-refractivity contribution in [2.45, 2.75) is 77.5 Å². The van der Waals surface area contributed by atoms with Gasteiger partial charge in [-0.25, -0.2) is 0 Å². The maximum absolute atomic E-state index is 12.4. The van der Waals surface area contributed by atoms with Crippen molar-refractivity contribution < 1.29 is 24.6 Å². The monoisotopic (exact) mass is 397 g/mol. The maximum atomic E-state index is 12.4. The Balaban J connectivity index is 0.000000345. The van der Waals surface area contributed by atoms with E-state index < -0.39 is 29.1 Å². The van der Waals surface area contributed by atoms with Crippen LogP contribution in [-0.2, 0) is 14.4 Å². The number of amides is 2. The molecule has 0 aromatic heterocycles. The minimum absolute atomic E-state index is 0.0373. The molecule has 160 valence electrons. The molecule has 2 amide bonds. The standard InChI is InChI=1S/C15H25N3O3.C5H10O2/c1-10(19)12(13(20)16-8-11-4-2-5-11)18-9-15(14(18)21)6-3-7-17-15;1-5(2,3)4(6)7/h10-12,17,19H,2-9H2,1H3,(H,16,20);1-3H3,(H,6,7)/t10-,12+,15?;/m1./s1. The molecule has 1 saturated carbocycles. The second kappa shape index (κ2) is 8.78. The third kappa shape index (κ3) is 5.03. The van der Waals surface area contributed by atoms with Crippen LogP contribution in [-0.4, -0.2) is 70.2 Å². The molecule has 1 aliphatic carbocycles. The minimum Gasteiger partial charge on any atom is -0.481 e. The Hall–Kier alpha value is -1.67. The van der Waals surface area contributed by atoms with Gasteiger partial charge in [-0.05, 0) is 65.8 Å². The number of hydrogen-bond donors (Lipinski definition) is 4. The van der Waals surface area contributed by atoms with Gasteiger partial charge in [0.05, 0.1) is 11.5 Å². The predicted molar refractivity (Wildman–Crippen MR) is 105 cm³/mol. The fraction of sp³-hybridized carbons (Fsp3) is 0.850. The lowest BCUT2D eigenvalue weighted by molar-refractivity contribution is -0.164. The molecular weight excluding hydrogens is 362 g/mol. The van der Waals surface area contributed by atoms with Crippen molar-refractivity contribution in [3.05, 3.63) is 0 Å². The number of β-lactam (4-membered cyclic amide) rings is 1. The van der Waals surface area contributed by atoms with Gasteiger partial charge in [0.2, 0.25) is 11.8 Å². The van der Waals surface area contributed by atoms with E-state index >= 15 is 0 Å². The van der Waals surface area contributed by atoms with Gasteiger partial charge < -0.3 is 25.7 Å². The Bertz CT molecular complexity index is 589. The van der Waals surface area contributed by atoms with Crippen molar-refractivity contribution >= 4 is 17.8 Å². The molecule has 1 unspecified atom stereocenters. The fourth-order valence-corrected chi connectivity index (χ4v) is 3.63. The highest BCUT2D eigenvalue weighted by Crippen LogP contribution is 2.33. The molecule has 3 atom stereocenters. The third-order valence-corrected chi connectivity index (χ3v) is 5.85. The number of carbonyl (C=O) groups is 3. The number of nitrogens with zero attached hydrogens (tertiary/aromatic N) is 1. The van der Waals surface area contributed by atoms with Crippen LogP contribution in [0.1, 0.15) is 59.8 Å². The van der Waals surface area contributed by atoms with Gasteiger partial charge in [0.15, 0.2) is 0 Å². The molecular formula is C20H35N3O5. The van der Waals surface area contributed by atoms with Gasteiger partial charge in [0.25, 0.3) is 0 Å². The lowest BCUT2D eigenvalue weighted by atomic mass is 9.84. The van der Waals surface area contributed by atoms with Crippen LogP contribution in [0.5, 0.6) is 0 Å². The summed E-state index contributed by atoms with van der Waals surface area (Å²) in [5.41, 5.74) is -1.04. The summed E-state index contributed by atoms with van der Waals surface area (Å²) in [5, 5.41) is 24.3. The molecule has 3 rings (SSSR count). The largest absolute Gasteiger partial charge is 0.481 e. The molecule has 0 aromatic rings. The van der Waals surface area contributed by atoms with Crippen molar-refractivity contribution in [1.29, 1.82) is 0 Å². The number of hydrogen-bond acceptors (Lipinski definition) is 5. The predicted octanol–water partition coefficient (Wildman–Crippen LogP) is 0.734. The van der Waals surface area contributed by atoms with E-state index in [0.717, 1.165) is 32.2 Å². The maximum Gasteiger partial charge on any atom is 0.308 e. The molecule has 3 fully saturated rings. The first kappa shape index (κ1) is 22.6. The molecule has 0 aromatic carbocycles. The number of carbonyl (C=O) groups excluding carboxylic acids is 2. The van der Waals surface area contributed by atoms with Crippen LogP contribution < -0.4 is 10.6 Å². The number of aliphatic carboxylic acids is 1. The number of likely N-dealkylation sites (tertiary alicyclic amines) is 1. The summed E-state index contributed by atoms with van der Waals surface area (Å²) in [7, 11) is 0. The van der Waals surface area contributed by atoms with E-state index in [1.165, 1.54) is 11.3 Å². The number of carboxylic acids is 1. The number of nitrogens with one attached hydrogen (secondary N) is 2. The van der Waals surface area contributed by atoms with Crippen LogP contribution in [0.2, 0.25) is 0 Å². The molecule has 28 heavy (non-hydrogen) atoms. The highest BCUT2D eigenvalue weighted by molar-refractivity contribution is 5.97. The van der Waals surface area contributed by atoms with Crippen LogP contribution in [0.3, 0.4) is 0 Å². The van der Waals surface area contributed by atoms with Gasteiger partial charge in [-0.15, -0.1) is 0 Å². The lowest BCUT2D eigenvalue weighted by Crippen LogP contribution is -2.76. The van der Waals surface area contributed by atoms with Crippen molar-refractivity contribution in [3.8, 4) is 0 Å². The van der Waals surface area contributed by atoms with Gasteiger partial charge in [-0.2, -0.15) is 0 Å². The molecule has 2 aliphatic heterocycles. The van der Waals surface area contributed by atoms with E-state index in [2.05, 4.69) is 10.6 Å². The number of carboxylic acid groups (broad SMARTS) is 1. The summed E-state index contributed by atoms with van der Waals surface area (Å²) in [6.07, 6.45) is 4.53. The first-order valence-corrected chi connectivity index (χ1v) is 10.2. The molecule has 0 radical (unpaired) electrons. The third-order valence-electron chi connectivity index (χ3n) is 5.85. The SMILES string of the molecule is CC(C)(C)C(=O)O.C[C@@H](O)[C@@H](C(=O)NCC1CCC1)N1CC2(CCCN2)C1=O. The number of aliphatic hydroxyl groups is 1. The smallest absolute Gasteiger partial charge is 0.308 e. The Labute approximate surface area is 167 Å². The van der Waals surface area contributed by atoms with E-state index in [1.54, 1.807) is 27.7 Å². The molecule has 8 nitrogen and oxygen atoms in total. The van der Waals surface area contributed by atoms with Crippen LogP contribution in [0.25, 0.3) is 0 Å². The molecule has 1 spiro atoms. The lowest BCUT2D eigenvalue weighted by Gasteiger charge is -2.50. The zero-order chi connectivity index (χ0) is 21.1. The van der Waals surface area contributed by atoms with Crippen LogP contribution in [0.15, 0.2) is 0 Å². The summed E-state index contributed by atoms with van der Waals surface area (Å²) >= 11 is 0. The van der Waals surface area contributed by atoms with Crippen molar-refractivity contribution in [2.75, 3.05) is 19.6 Å². The van der Waals surface area contributed by atoms with Gasteiger partial charge in [-0.1, -0.05) is 6.42 Å². The van der Waals surface area contributed by atoms with Crippen LogP contribution >= 0.6 is 0 Å². The molecule has 4 N–H and O–H groups in total. The van der Waals surface area contributed by atoms with E-state index in [4.69, 9.17) is 5.11 Å². The first-order chi connectivity index (χ1) is 13.0. The molecule has 8 heteroatoms. The summed E-state index contributed by atoms with van der Waals surface area (Å²) in [5.74, 6) is -0.450. The molecule has 0 bridgehead atoms. The first-order valence-electron chi connectivity index (χ1n) is 10.2. The quantitative estimate of drug-likeness (QED) is 0.508. The van der Waals surface area contributed by atoms with Gasteiger partial charge >= 0.3 is 5.97 Å². The van der Waals surface area contributed by atoms with Crippen molar-refractivity contribution in [3.63, 3.8) is 0 Å². The van der Waals surface area contributed by atoms with E-state index in [9.17, 15) is 19.5 Å². The minimum atomic E-state index is -0.853. The highest BCUT2D eigenvalue weighted by atomic mass is 16.4. The molecule has 2 heterocycles. The summed E-state index contributed by atoms with van der Waals surface area (Å²) < 4.78 is 0. The number of aliphatic hydroxyl groups excluding tert-OH is 1. The zero-order valence-corrected chi connectivity index (χ0v) is 17.5. The van der Waals surface area contributed by atoms with Crippen LogP contribution in [0.4, 0.5) is 0 Å². The average Bonchev–Trinajstić information content (AvgIpc) is 3.04. The Morgan fingerprint density at radius 2 is 1.93 bits per heavy atom. The average molecular weight is 398 g/mol. The normalized spacial score (nSPS) is 26.6. The fourth-order valence-electron chi connectivity index (χ4n) is 3.63. The van der Waals surface area contributed by atoms with E-state index in [1.807, 2.05) is 0 Å². The van der Waals surface area contributed by atoms with E-state index in [-0.39, 0.29) is 11.8 Å². The van der Waals surface area contributed by atoms with Gasteiger partial charge in [0, 0.05) is 13.1 Å². The topological polar surface area (TPSA) is 119 Å². The van der Waals surface area contributed by atoms with Crippen molar-refractivity contribution in [2.24, 2.45) is 11.3 Å². The summed E-state index contributed by atoms with van der Waals surface area (Å²) in [6, 6.07) is -0.759. The zero-order valence-electron chi connectivity index (χ0n) is 17.5. The van der Waals surface area contributed by atoms with Crippen LogP contribution in [0, 0.1) is 11.3 Å². The van der Waals surface area contributed by atoms with Gasteiger partial charge in [0.1, 0.15) is 11.6 Å². The Kier molecular flexibility index (Phi) is 7.09. The van der Waals surface area contributed by atoms with Crippen molar-refractivity contribution in [1.82, 2.24) is 15.5 Å². The Morgan fingerprint density at radius 1 is 1.32 bits per heavy atom. The molecule has 3 aliphatic rings. The number of rotatable bonds is 5. The van der Waals surface area contributed by atoms with E-state index in [0.29, 0.717) is 19.0 Å². The Morgan fingerprint density at radius 3 is 2.29 bits per heavy atom. The highest BCUT2D eigenvalue weighted by Gasteiger charge is 2.57. The second-order valence-corrected chi connectivity index (χ2v) is 9.33. The second-order valence-electron chi connectivity index (χ2n) is 9.33. The van der Waals surface area contributed by atoms with Gasteiger partial charge in [-0.3, -0.25) is 14.4 Å². The summed E-state index contributed by atoms with van der Waals surface area (Å²) in [4.78, 5) is 36.3.